The van der Waals surface area contributed by atoms with Crippen LogP contribution in [0, 0.1) is 0 Å². The third-order valence-corrected chi connectivity index (χ3v) is 2.41. The number of likely N-dealkylation sites (N-methyl/N-ethyl adjacent to an activating group) is 1. The van der Waals surface area contributed by atoms with E-state index in [0.717, 1.165) is 6.54 Å². The van der Waals surface area contributed by atoms with Gasteiger partial charge in [-0.1, -0.05) is 0 Å². The van der Waals surface area contributed by atoms with E-state index in [9.17, 15) is 0 Å². The molecule has 4 heteroatoms. The first-order chi connectivity index (χ1) is 7.46. The second kappa shape index (κ2) is 5.46. The number of aromatic nitrogens is 2. The summed E-state index contributed by atoms with van der Waals surface area (Å²) in [6.45, 7) is 9.84. The molecule has 1 aromatic rings. The third-order valence-electron chi connectivity index (χ3n) is 2.41. The molecule has 0 amide bonds. The van der Waals surface area contributed by atoms with Gasteiger partial charge in [-0.05, 0) is 34.7 Å². The third kappa shape index (κ3) is 3.94. The Morgan fingerprint density at radius 2 is 2.19 bits per heavy atom. The van der Waals surface area contributed by atoms with Crippen molar-refractivity contribution in [3.8, 4) is 0 Å². The van der Waals surface area contributed by atoms with Gasteiger partial charge in [0.15, 0.2) is 0 Å². The molecule has 16 heavy (non-hydrogen) atoms. The molecule has 1 rings (SSSR count). The predicted octanol–water partition coefficient (Wildman–Crippen LogP) is 1.98. The summed E-state index contributed by atoms with van der Waals surface area (Å²) in [6, 6.07) is 0.208. The van der Waals surface area contributed by atoms with Crippen LogP contribution in [0.25, 0.3) is 0 Å². The Morgan fingerprint density at radius 3 is 2.62 bits per heavy atom. The largest absolute Gasteiger partial charge is 0.374 e. The quantitative estimate of drug-likeness (QED) is 0.833. The van der Waals surface area contributed by atoms with Gasteiger partial charge in [-0.2, -0.15) is 5.10 Å². The highest BCUT2D eigenvalue weighted by Crippen LogP contribution is 2.16. The summed E-state index contributed by atoms with van der Waals surface area (Å²) in [5.41, 5.74) is 1.07. The van der Waals surface area contributed by atoms with Crippen LogP contribution in [0.1, 0.15) is 39.3 Å². The monoisotopic (exact) mass is 225 g/mol. The lowest BCUT2D eigenvalue weighted by Gasteiger charge is -2.23. The smallest absolute Gasteiger partial charge is 0.0669 e. The number of nitrogens with zero attached hydrogens (tertiary/aromatic N) is 2. The molecule has 0 aliphatic heterocycles. The standard InChI is InChI=1S/C12H23N3O/c1-6-15-8-10(7-14-15)11(13-5)9-16-12(2,3)4/h7-8,11,13H,6,9H2,1-5H3. The molecular weight excluding hydrogens is 202 g/mol. The van der Waals surface area contributed by atoms with Crippen LogP contribution in [0.5, 0.6) is 0 Å². The molecule has 1 heterocycles. The van der Waals surface area contributed by atoms with Crippen molar-refractivity contribution in [3.05, 3.63) is 18.0 Å². The summed E-state index contributed by atoms with van der Waals surface area (Å²) in [6.07, 6.45) is 3.96. The van der Waals surface area contributed by atoms with Crippen LogP contribution in [-0.2, 0) is 11.3 Å². The molecule has 1 atom stereocenters. The van der Waals surface area contributed by atoms with Gasteiger partial charge in [0.1, 0.15) is 0 Å². The van der Waals surface area contributed by atoms with E-state index in [4.69, 9.17) is 4.74 Å². The van der Waals surface area contributed by atoms with E-state index in [1.54, 1.807) is 0 Å². The Kier molecular flexibility index (Phi) is 4.50. The van der Waals surface area contributed by atoms with Gasteiger partial charge < -0.3 is 10.1 Å². The van der Waals surface area contributed by atoms with Crippen LogP contribution in [-0.4, -0.2) is 29.0 Å². The minimum atomic E-state index is -0.101. The molecular formula is C12H23N3O. The first kappa shape index (κ1) is 13.2. The minimum absolute atomic E-state index is 0.101. The van der Waals surface area contributed by atoms with Crippen LogP contribution >= 0.6 is 0 Å². The summed E-state index contributed by atoms with van der Waals surface area (Å²) in [5.74, 6) is 0. The summed E-state index contributed by atoms with van der Waals surface area (Å²) in [4.78, 5) is 0. The maximum atomic E-state index is 5.78. The van der Waals surface area contributed by atoms with E-state index < -0.39 is 0 Å². The van der Waals surface area contributed by atoms with E-state index in [1.165, 1.54) is 5.56 Å². The Labute approximate surface area is 98.0 Å². The molecule has 0 bridgehead atoms. The lowest BCUT2D eigenvalue weighted by Crippen LogP contribution is -2.28. The molecule has 1 aromatic heterocycles. The number of hydrogen-bond donors (Lipinski definition) is 1. The van der Waals surface area contributed by atoms with Gasteiger partial charge in [-0.15, -0.1) is 0 Å². The Bertz CT molecular complexity index is 314. The average Bonchev–Trinajstić information content (AvgIpc) is 2.65. The van der Waals surface area contributed by atoms with Gasteiger partial charge in [0.25, 0.3) is 0 Å². The van der Waals surface area contributed by atoms with E-state index >= 15 is 0 Å². The van der Waals surface area contributed by atoms with Crippen LogP contribution in [0.3, 0.4) is 0 Å². The Balaban J connectivity index is 2.60. The van der Waals surface area contributed by atoms with Gasteiger partial charge in [0.2, 0.25) is 0 Å². The molecule has 4 nitrogen and oxygen atoms in total. The predicted molar refractivity (Wildman–Crippen MR) is 65.4 cm³/mol. The molecule has 92 valence electrons. The first-order valence-electron chi connectivity index (χ1n) is 5.80. The van der Waals surface area contributed by atoms with Crippen LogP contribution in [0.15, 0.2) is 12.4 Å². The molecule has 0 saturated heterocycles. The number of rotatable bonds is 5. The van der Waals surface area contributed by atoms with E-state index in [1.807, 2.05) is 17.9 Å². The molecule has 1 unspecified atom stereocenters. The first-order valence-corrected chi connectivity index (χ1v) is 5.80. The topological polar surface area (TPSA) is 39.1 Å². The van der Waals surface area contributed by atoms with E-state index in [2.05, 4.69) is 44.3 Å². The average molecular weight is 225 g/mol. The van der Waals surface area contributed by atoms with Crippen molar-refractivity contribution >= 4 is 0 Å². The van der Waals surface area contributed by atoms with Gasteiger partial charge in [-0.3, -0.25) is 4.68 Å². The van der Waals surface area contributed by atoms with Gasteiger partial charge >= 0.3 is 0 Å². The fraction of sp³-hybridized carbons (Fsp3) is 0.750. The van der Waals surface area contributed by atoms with Gasteiger partial charge in [0, 0.05) is 18.3 Å². The highest BCUT2D eigenvalue weighted by molar-refractivity contribution is 5.10. The van der Waals surface area contributed by atoms with E-state index in [-0.39, 0.29) is 11.6 Å². The number of ether oxygens (including phenoxy) is 1. The number of aryl methyl sites for hydroxylation is 1. The lowest BCUT2D eigenvalue weighted by molar-refractivity contribution is -0.0139. The molecule has 0 saturated carbocycles. The molecule has 0 fully saturated rings. The second-order valence-corrected chi connectivity index (χ2v) is 4.89. The molecule has 0 aliphatic carbocycles. The highest BCUT2D eigenvalue weighted by atomic mass is 16.5. The lowest BCUT2D eigenvalue weighted by atomic mass is 10.1. The molecule has 0 spiro atoms. The fourth-order valence-electron chi connectivity index (χ4n) is 1.41. The Hall–Kier alpha value is -0.870. The molecule has 0 aliphatic rings. The van der Waals surface area contributed by atoms with Crippen molar-refractivity contribution < 1.29 is 4.74 Å². The molecule has 0 radical (unpaired) electrons. The van der Waals surface area contributed by atoms with Gasteiger partial charge in [-0.25, -0.2) is 0 Å². The summed E-state index contributed by atoms with van der Waals surface area (Å²) >= 11 is 0. The zero-order valence-corrected chi connectivity index (χ0v) is 10.9. The van der Waals surface area contributed by atoms with Crippen molar-refractivity contribution in [3.63, 3.8) is 0 Å². The van der Waals surface area contributed by atoms with Crippen LogP contribution < -0.4 is 5.32 Å². The normalized spacial score (nSPS) is 14.1. The van der Waals surface area contributed by atoms with Gasteiger partial charge in [0.05, 0.1) is 24.4 Å². The minimum Gasteiger partial charge on any atom is -0.374 e. The van der Waals surface area contributed by atoms with Crippen molar-refractivity contribution in [1.29, 1.82) is 0 Å². The van der Waals surface area contributed by atoms with Crippen molar-refractivity contribution in [2.75, 3.05) is 13.7 Å². The summed E-state index contributed by atoms with van der Waals surface area (Å²) in [7, 11) is 1.94. The molecule has 1 N–H and O–H groups in total. The van der Waals surface area contributed by atoms with Crippen molar-refractivity contribution in [2.45, 2.75) is 45.9 Å². The van der Waals surface area contributed by atoms with Crippen LogP contribution in [0.4, 0.5) is 0 Å². The fourth-order valence-corrected chi connectivity index (χ4v) is 1.41. The van der Waals surface area contributed by atoms with E-state index in [0.29, 0.717) is 6.61 Å². The maximum Gasteiger partial charge on any atom is 0.0669 e. The highest BCUT2D eigenvalue weighted by Gasteiger charge is 2.16. The second-order valence-electron chi connectivity index (χ2n) is 4.89. The molecule has 0 aromatic carbocycles. The zero-order chi connectivity index (χ0) is 12.2. The maximum absolute atomic E-state index is 5.78. The number of nitrogens with one attached hydrogen (secondary N) is 1. The summed E-state index contributed by atoms with van der Waals surface area (Å²) in [5, 5.41) is 7.52. The van der Waals surface area contributed by atoms with Crippen LogP contribution in [0.2, 0.25) is 0 Å². The zero-order valence-electron chi connectivity index (χ0n) is 10.9. The SMILES string of the molecule is CCn1cc(C(COC(C)(C)C)NC)cn1. The van der Waals surface area contributed by atoms with Crippen molar-refractivity contribution in [1.82, 2.24) is 15.1 Å². The van der Waals surface area contributed by atoms with Crippen molar-refractivity contribution in [2.24, 2.45) is 0 Å². The Morgan fingerprint density at radius 1 is 1.50 bits per heavy atom. The summed E-state index contributed by atoms with van der Waals surface area (Å²) < 4.78 is 7.71. The number of hydrogen-bond acceptors (Lipinski definition) is 3.